The molecule has 0 aliphatic heterocycles. The molecular weight excluding hydrogens is 292 g/mol. The highest BCUT2D eigenvalue weighted by atomic mass is 16.3. The van der Waals surface area contributed by atoms with Gasteiger partial charge >= 0.3 is 0 Å². The van der Waals surface area contributed by atoms with Crippen LogP contribution < -0.4 is 0 Å². The molecule has 4 saturated carbocycles. The van der Waals surface area contributed by atoms with Crippen LogP contribution in [0.2, 0.25) is 0 Å². The largest absolute Gasteiger partial charge is 0.393 e. The van der Waals surface area contributed by atoms with Crippen molar-refractivity contribution in [1.29, 1.82) is 0 Å². The van der Waals surface area contributed by atoms with Crippen LogP contribution in [0.25, 0.3) is 0 Å². The van der Waals surface area contributed by atoms with Gasteiger partial charge in [0.2, 0.25) is 0 Å². The van der Waals surface area contributed by atoms with Crippen LogP contribution in [0.15, 0.2) is 0 Å². The molecule has 0 radical (unpaired) electrons. The number of hydrogen-bond donors (Lipinski definition) is 3. The fourth-order valence-electron chi connectivity index (χ4n) is 7.16. The van der Waals surface area contributed by atoms with E-state index in [1.807, 2.05) is 6.92 Å². The highest BCUT2D eigenvalue weighted by Crippen LogP contribution is 2.66. The second-order valence-electron chi connectivity index (χ2n) is 9.28. The average Bonchev–Trinajstić information content (AvgIpc) is 2.76. The summed E-state index contributed by atoms with van der Waals surface area (Å²) in [5.74, 6) is 0.364. The molecule has 4 aliphatic carbocycles. The van der Waals surface area contributed by atoms with Crippen molar-refractivity contribution in [3.05, 3.63) is 0 Å². The molecule has 8 atom stereocenters. The molecule has 4 heteroatoms. The summed E-state index contributed by atoms with van der Waals surface area (Å²) >= 11 is 0. The van der Waals surface area contributed by atoms with E-state index in [1.165, 1.54) is 0 Å². The molecule has 0 spiro atoms. The highest BCUT2D eigenvalue weighted by Gasteiger charge is 2.68. The van der Waals surface area contributed by atoms with Gasteiger partial charge in [-0.25, -0.2) is 0 Å². The van der Waals surface area contributed by atoms with E-state index in [-0.39, 0.29) is 35.1 Å². The first-order chi connectivity index (χ1) is 10.7. The number of aliphatic hydroxyl groups excluding tert-OH is 2. The van der Waals surface area contributed by atoms with E-state index >= 15 is 0 Å². The molecule has 4 fully saturated rings. The molecule has 0 aromatic heterocycles. The number of aliphatic hydroxyl groups is 3. The van der Waals surface area contributed by atoms with Gasteiger partial charge in [-0.3, -0.25) is 4.79 Å². The molecule has 0 amide bonds. The lowest BCUT2D eigenvalue weighted by atomic mass is 9.42. The van der Waals surface area contributed by atoms with E-state index in [1.54, 1.807) is 0 Å². The number of carbonyl (C=O) groups is 1. The smallest absolute Gasteiger partial charge is 0.165 e. The van der Waals surface area contributed by atoms with Crippen LogP contribution in [0.1, 0.15) is 65.2 Å². The number of rotatable bonds is 0. The summed E-state index contributed by atoms with van der Waals surface area (Å²) in [5, 5.41) is 32.7. The minimum absolute atomic E-state index is 0.0150. The number of carbonyl (C=O) groups excluding carboxylic acids is 1. The van der Waals surface area contributed by atoms with Gasteiger partial charge in [0.15, 0.2) is 5.78 Å². The van der Waals surface area contributed by atoms with Gasteiger partial charge in [0.25, 0.3) is 0 Å². The maximum Gasteiger partial charge on any atom is 0.165 e. The molecule has 4 rings (SSSR count). The van der Waals surface area contributed by atoms with Gasteiger partial charge in [-0.2, -0.15) is 0 Å². The SMILES string of the molecule is CC12CC(O)C3C(CC(=O)C4(O)CCCCC34C)C1CCC2O. The van der Waals surface area contributed by atoms with E-state index in [2.05, 4.69) is 6.92 Å². The van der Waals surface area contributed by atoms with Gasteiger partial charge in [-0.1, -0.05) is 26.7 Å². The van der Waals surface area contributed by atoms with E-state index in [0.29, 0.717) is 19.3 Å². The first-order valence-electron chi connectivity index (χ1n) is 9.36. The van der Waals surface area contributed by atoms with Crippen LogP contribution in [0.4, 0.5) is 0 Å². The Kier molecular flexibility index (Phi) is 3.35. The normalized spacial score (nSPS) is 59.2. The fourth-order valence-corrected chi connectivity index (χ4v) is 7.16. The lowest BCUT2D eigenvalue weighted by molar-refractivity contribution is -0.226. The van der Waals surface area contributed by atoms with Gasteiger partial charge in [0.1, 0.15) is 5.60 Å². The Balaban J connectivity index is 1.78. The van der Waals surface area contributed by atoms with Crippen molar-refractivity contribution in [2.24, 2.45) is 28.6 Å². The Morgan fingerprint density at radius 2 is 1.78 bits per heavy atom. The standard InChI is InChI=1S/C19H30O4/c1-17-10-13(20)16-11(12(17)5-6-14(17)21)9-15(22)19(23)8-4-3-7-18(16,19)2/h11-14,16,20-21,23H,3-10H2,1-2H3. The molecule has 8 unspecified atom stereocenters. The van der Waals surface area contributed by atoms with Gasteiger partial charge in [-0.15, -0.1) is 0 Å². The molecule has 3 N–H and O–H groups in total. The third-order valence-electron chi connectivity index (χ3n) is 8.45. The monoisotopic (exact) mass is 322 g/mol. The van der Waals surface area contributed by atoms with Crippen molar-refractivity contribution in [3.8, 4) is 0 Å². The van der Waals surface area contributed by atoms with E-state index in [4.69, 9.17) is 0 Å². The molecular formula is C19H30O4. The first-order valence-corrected chi connectivity index (χ1v) is 9.36. The van der Waals surface area contributed by atoms with Crippen molar-refractivity contribution in [1.82, 2.24) is 0 Å². The van der Waals surface area contributed by atoms with Gasteiger partial charge in [-0.05, 0) is 55.3 Å². The van der Waals surface area contributed by atoms with Crippen LogP contribution >= 0.6 is 0 Å². The predicted octanol–water partition coefficient (Wildman–Crippen LogP) is 2.04. The molecule has 0 heterocycles. The molecule has 4 aliphatic rings. The maximum absolute atomic E-state index is 12.9. The van der Waals surface area contributed by atoms with Gasteiger partial charge < -0.3 is 15.3 Å². The first kappa shape index (κ1) is 16.0. The average molecular weight is 322 g/mol. The molecule has 130 valence electrons. The van der Waals surface area contributed by atoms with Crippen LogP contribution in [0, 0.1) is 28.6 Å². The molecule has 23 heavy (non-hydrogen) atoms. The van der Waals surface area contributed by atoms with E-state index < -0.39 is 17.1 Å². The fraction of sp³-hybridized carbons (Fsp3) is 0.947. The summed E-state index contributed by atoms with van der Waals surface area (Å²) in [6, 6.07) is 0. The number of fused-ring (bicyclic) bond motifs is 5. The lowest BCUT2D eigenvalue weighted by Gasteiger charge is -2.63. The second-order valence-corrected chi connectivity index (χ2v) is 9.28. The number of Topliss-reactive ketones (excluding diaryl/α,β-unsaturated/α-hetero) is 1. The number of ketones is 1. The van der Waals surface area contributed by atoms with Crippen LogP contribution in [0.5, 0.6) is 0 Å². The Hall–Kier alpha value is -0.450. The van der Waals surface area contributed by atoms with E-state index in [9.17, 15) is 20.1 Å². The van der Waals surface area contributed by atoms with Gasteiger partial charge in [0.05, 0.1) is 12.2 Å². The highest BCUT2D eigenvalue weighted by molar-refractivity contribution is 5.89. The molecule has 0 aromatic carbocycles. The van der Waals surface area contributed by atoms with Crippen molar-refractivity contribution >= 4 is 5.78 Å². The Bertz CT molecular complexity index is 533. The van der Waals surface area contributed by atoms with Gasteiger partial charge in [0, 0.05) is 11.8 Å². The zero-order valence-electron chi connectivity index (χ0n) is 14.3. The molecule has 4 nitrogen and oxygen atoms in total. The predicted molar refractivity (Wildman–Crippen MR) is 85.6 cm³/mol. The van der Waals surface area contributed by atoms with E-state index in [0.717, 1.165) is 32.1 Å². The van der Waals surface area contributed by atoms with Crippen molar-refractivity contribution in [3.63, 3.8) is 0 Å². The Morgan fingerprint density at radius 1 is 1.09 bits per heavy atom. The summed E-state index contributed by atoms with van der Waals surface area (Å²) < 4.78 is 0. The zero-order chi connectivity index (χ0) is 16.6. The quantitative estimate of drug-likeness (QED) is 0.638. The van der Waals surface area contributed by atoms with Crippen molar-refractivity contribution < 1.29 is 20.1 Å². The summed E-state index contributed by atoms with van der Waals surface area (Å²) in [6.07, 6.45) is 5.05. The summed E-state index contributed by atoms with van der Waals surface area (Å²) in [4.78, 5) is 12.9. The Labute approximate surface area is 138 Å². The topological polar surface area (TPSA) is 77.8 Å². The van der Waals surface area contributed by atoms with Crippen molar-refractivity contribution in [2.75, 3.05) is 0 Å². The molecule has 0 bridgehead atoms. The van der Waals surface area contributed by atoms with Crippen LogP contribution in [-0.2, 0) is 4.79 Å². The van der Waals surface area contributed by atoms with Crippen molar-refractivity contribution in [2.45, 2.75) is 83.0 Å². The summed E-state index contributed by atoms with van der Waals surface area (Å²) in [7, 11) is 0. The van der Waals surface area contributed by atoms with Crippen LogP contribution in [0.3, 0.4) is 0 Å². The lowest BCUT2D eigenvalue weighted by Crippen LogP contribution is -2.68. The molecule has 0 aromatic rings. The van der Waals surface area contributed by atoms with Crippen LogP contribution in [-0.4, -0.2) is 38.9 Å². The summed E-state index contributed by atoms with van der Waals surface area (Å²) in [5.41, 5.74) is -2.04. The minimum atomic E-state index is -1.25. The summed E-state index contributed by atoms with van der Waals surface area (Å²) in [6.45, 7) is 4.13. The third-order valence-corrected chi connectivity index (χ3v) is 8.45. The number of hydrogen-bond acceptors (Lipinski definition) is 4. The molecule has 0 saturated heterocycles. The maximum atomic E-state index is 12.9. The minimum Gasteiger partial charge on any atom is -0.393 e. The third kappa shape index (κ3) is 1.81. The zero-order valence-corrected chi connectivity index (χ0v) is 14.3. The second kappa shape index (κ2) is 4.80. The Morgan fingerprint density at radius 3 is 2.52 bits per heavy atom.